The number of aromatic nitrogens is 1. The average molecular weight is 320 g/mol. The van der Waals surface area contributed by atoms with Gasteiger partial charge in [0, 0.05) is 36.2 Å². The molecule has 0 unspecified atom stereocenters. The van der Waals surface area contributed by atoms with Crippen molar-refractivity contribution < 1.29 is 4.74 Å². The first-order valence-electron chi connectivity index (χ1n) is 6.68. The van der Waals surface area contributed by atoms with Gasteiger partial charge in [-0.1, -0.05) is 17.7 Å². The minimum absolute atomic E-state index is 0.0246. The molecule has 1 aromatic carbocycles. The molecule has 1 aromatic heterocycles. The lowest BCUT2D eigenvalue weighted by atomic mass is 10.1. The van der Waals surface area contributed by atoms with E-state index in [0.29, 0.717) is 17.2 Å². The number of thiazole rings is 1. The predicted octanol–water partition coefficient (Wildman–Crippen LogP) is 3.24. The Balaban J connectivity index is 1.72. The lowest BCUT2D eigenvalue weighted by Gasteiger charge is -2.32. The number of morpholine rings is 1. The Morgan fingerprint density at radius 1 is 1.52 bits per heavy atom. The van der Waals surface area contributed by atoms with Crippen LogP contribution in [0.3, 0.4) is 0 Å². The molecule has 0 bridgehead atoms. The molecule has 0 N–H and O–H groups in total. The molecule has 1 saturated heterocycles. The third kappa shape index (κ3) is 3.42. The molecule has 1 aliphatic rings. The summed E-state index contributed by atoms with van der Waals surface area (Å²) >= 11 is 7.55. The number of rotatable bonds is 3. The van der Waals surface area contributed by atoms with Gasteiger partial charge in [-0.25, -0.2) is 4.98 Å². The lowest BCUT2D eigenvalue weighted by molar-refractivity contribution is -0.0330. The van der Waals surface area contributed by atoms with Crippen LogP contribution >= 0.6 is 22.9 Å². The van der Waals surface area contributed by atoms with E-state index in [1.807, 2.05) is 17.5 Å². The summed E-state index contributed by atoms with van der Waals surface area (Å²) in [4.78, 5) is 6.62. The number of nitrogens with zero attached hydrogens (tertiary/aromatic N) is 3. The maximum atomic E-state index is 9.21. The Hall–Kier alpha value is -1.45. The highest BCUT2D eigenvalue weighted by atomic mass is 35.5. The standard InChI is InChI=1S/C15H14ClN3OS/c16-13-2-1-11(12(7-13)8-17)9-19-4-5-20-14(10-19)15-18-3-6-21-15/h1-3,6-7,14H,4-5,9-10H2/t14-/m1/s1. The molecule has 21 heavy (non-hydrogen) atoms. The Labute approximate surface area is 132 Å². The van der Waals surface area contributed by atoms with Crippen molar-refractivity contribution in [3.63, 3.8) is 0 Å². The van der Waals surface area contributed by atoms with Gasteiger partial charge >= 0.3 is 0 Å². The summed E-state index contributed by atoms with van der Waals surface area (Å²) in [5.74, 6) is 0. The monoisotopic (exact) mass is 319 g/mol. The van der Waals surface area contributed by atoms with E-state index < -0.39 is 0 Å². The number of hydrogen-bond acceptors (Lipinski definition) is 5. The summed E-state index contributed by atoms with van der Waals surface area (Å²) in [6.07, 6.45) is 1.83. The van der Waals surface area contributed by atoms with Gasteiger partial charge in [0.2, 0.25) is 0 Å². The zero-order chi connectivity index (χ0) is 14.7. The highest BCUT2D eigenvalue weighted by Crippen LogP contribution is 2.25. The van der Waals surface area contributed by atoms with Gasteiger partial charge in [0.05, 0.1) is 18.2 Å². The number of nitriles is 1. The van der Waals surface area contributed by atoms with Crippen molar-refractivity contribution in [2.24, 2.45) is 0 Å². The second kappa shape index (κ2) is 6.54. The fourth-order valence-corrected chi connectivity index (χ4v) is 3.27. The van der Waals surface area contributed by atoms with E-state index in [0.717, 1.165) is 30.2 Å². The SMILES string of the molecule is N#Cc1cc(Cl)ccc1CN1CCO[C@@H](c2nccs2)C1. The van der Waals surface area contributed by atoms with Crippen LogP contribution < -0.4 is 0 Å². The molecular formula is C15H14ClN3OS. The van der Waals surface area contributed by atoms with Crippen molar-refractivity contribution in [1.82, 2.24) is 9.88 Å². The van der Waals surface area contributed by atoms with Gasteiger partial charge in [-0.2, -0.15) is 5.26 Å². The van der Waals surface area contributed by atoms with E-state index in [2.05, 4.69) is 16.0 Å². The Kier molecular flexibility index (Phi) is 4.51. The fraction of sp³-hybridized carbons (Fsp3) is 0.333. The van der Waals surface area contributed by atoms with E-state index in [4.69, 9.17) is 16.3 Å². The van der Waals surface area contributed by atoms with Crippen molar-refractivity contribution in [3.05, 3.63) is 50.9 Å². The molecule has 1 fully saturated rings. The van der Waals surface area contributed by atoms with Gasteiger partial charge in [0.25, 0.3) is 0 Å². The van der Waals surface area contributed by atoms with E-state index in [-0.39, 0.29) is 6.10 Å². The number of benzene rings is 1. The van der Waals surface area contributed by atoms with Crippen LogP contribution in [-0.2, 0) is 11.3 Å². The van der Waals surface area contributed by atoms with Gasteiger partial charge in [-0.05, 0) is 17.7 Å². The normalized spacial score (nSPS) is 19.3. The summed E-state index contributed by atoms with van der Waals surface area (Å²) in [5.41, 5.74) is 1.64. The molecule has 1 atom stereocenters. The van der Waals surface area contributed by atoms with Crippen LogP contribution in [0.2, 0.25) is 5.02 Å². The zero-order valence-corrected chi connectivity index (χ0v) is 12.9. The van der Waals surface area contributed by atoms with E-state index in [9.17, 15) is 5.26 Å². The molecule has 108 valence electrons. The van der Waals surface area contributed by atoms with Crippen LogP contribution in [0.4, 0.5) is 0 Å². The summed E-state index contributed by atoms with van der Waals surface area (Å²) in [6.45, 7) is 3.06. The van der Waals surface area contributed by atoms with Gasteiger partial charge in [-0.15, -0.1) is 11.3 Å². The van der Waals surface area contributed by atoms with Crippen molar-refractivity contribution in [2.45, 2.75) is 12.6 Å². The second-order valence-electron chi connectivity index (χ2n) is 4.88. The highest BCUT2D eigenvalue weighted by Gasteiger charge is 2.24. The lowest BCUT2D eigenvalue weighted by Crippen LogP contribution is -2.37. The van der Waals surface area contributed by atoms with E-state index >= 15 is 0 Å². The zero-order valence-electron chi connectivity index (χ0n) is 11.3. The highest BCUT2D eigenvalue weighted by molar-refractivity contribution is 7.09. The van der Waals surface area contributed by atoms with Gasteiger partial charge in [0.15, 0.2) is 0 Å². The number of ether oxygens (including phenoxy) is 1. The Morgan fingerprint density at radius 3 is 3.19 bits per heavy atom. The molecule has 0 amide bonds. The molecule has 2 heterocycles. The maximum absolute atomic E-state index is 9.21. The summed E-state index contributed by atoms with van der Waals surface area (Å²) in [5, 5.41) is 12.8. The molecule has 0 spiro atoms. The number of halogens is 1. The van der Waals surface area contributed by atoms with Crippen molar-refractivity contribution >= 4 is 22.9 Å². The smallest absolute Gasteiger partial charge is 0.123 e. The summed E-state index contributed by atoms with van der Waals surface area (Å²) in [7, 11) is 0. The molecular weight excluding hydrogens is 306 g/mol. The van der Waals surface area contributed by atoms with E-state index in [1.54, 1.807) is 23.6 Å². The molecule has 0 saturated carbocycles. The van der Waals surface area contributed by atoms with Crippen molar-refractivity contribution in [2.75, 3.05) is 19.7 Å². The van der Waals surface area contributed by atoms with Crippen LogP contribution in [0.15, 0.2) is 29.8 Å². The first kappa shape index (κ1) is 14.5. The quantitative estimate of drug-likeness (QED) is 0.871. The Morgan fingerprint density at radius 2 is 2.43 bits per heavy atom. The fourth-order valence-electron chi connectivity index (χ4n) is 2.42. The third-order valence-electron chi connectivity index (χ3n) is 3.46. The number of hydrogen-bond donors (Lipinski definition) is 0. The first-order valence-corrected chi connectivity index (χ1v) is 7.94. The molecule has 3 rings (SSSR count). The largest absolute Gasteiger partial charge is 0.368 e. The molecule has 0 aliphatic carbocycles. The van der Waals surface area contributed by atoms with Gasteiger partial charge in [0.1, 0.15) is 11.1 Å². The molecule has 6 heteroatoms. The van der Waals surface area contributed by atoms with Crippen LogP contribution in [-0.4, -0.2) is 29.6 Å². The molecule has 4 nitrogen and oxygen atoms in total. The Bertz CT molecular complexity index is 653. The maximum Gasteiger partial charge on any atom is 0.123 e. The van der Waals surface area contributed by atoms with Crippen LogP contribution in [0.1, 0.15) is 22.2 Å². The summed E-state index contributed by atoms with van der Waals surface area (Å²) in [6, 6.07) is 7.69. The predicted molar refractivity (Wildman–Crippen MR) is 82.3 cm³/mol. The van der Waals surface area contributed by atoms with Crippen LogP contribution in [0.5, 0.6) is 0 Å². The topological polar surface area (TPSA) is 49.2 Å². The van der Waals surface area contributed by atoms with Gasteiger partial charge < -0.3 is 4.74 Å². The third-order valence-corrected chi connectivity index (χ3v) is 4.57. The van der Waals surface area contributed by atoms with Crippen LogP contribution in [0.25, 0.3) is 0 Å². The van der Waals surface area contributed by atoms with Crippen molar-refractivity contribution in [1.29, 1.82) is 5.26 Å². The molecule has 1 aliphatic heterocycles. The van der Waals surface area contributed by atoms with E-state index in [1.165, 1.54) is 0 Å². The first-order chi connectivity index (χ1) is 10.3. The minimum atomic E-state index is 0.0246. The van der Waals surface area contributed by atoms with Crippen molar-refractivity contribution in [3.8, 4) is 6.07 Å². The average Bonchev–Trinajstić information content (AvgIpc) is 3.04. The van der Waals surface area contributed by atoms with Crippen LogP contribution in [0, 0.1) is 11.3 Å². The molecule has 2 aromatic rings. The molecule has 0 radical (unpaired) electrons. The summed E-state index contributed by atoms with van der Waals surface area (Å²) < 4.78 is 5.79. The minimum Gasteiger partial charge on any atom is -0.368 e. The van der Waals surface area contributed by atoms with Gasteiger partial charge in [-0.3, -0.25) is 4.90 Å². The second-order valence-corrected chi connectivity index (χ2v) is 6.24.